The highest BCUT2D eigenvalue weighted by Crippen LogP contribution is 2.21. The van der Waals surface area contributed by atoms with Crippen LogP contribution in [0, 0.1) is 0 Å². The van der Waals surface area contributed by atoms with Crippen molar-refractivity contribution in [2.45, 2.75) is 12.8 Å². The molecule has 0 bridgehead atoms. The van der Waals surface area contributed by atoms with Gasteiger partial charge >= 0.3 is 0 Å². The van der Waals surface area contributed by atoms with Gasteiger partial charge in [-0.1, -0.05) is 6.07 Å². The van der Waals surface area contributed by atoms with Gasteiger partial charge in [0.2, 0.25) is 0 Å². The predicted octanol–water partition coefficient (Wildman–Crippen LogP) is 1.24. The van der Waals surface area contributed by atoms with Gasteiger partial charge in [0.05, 0.1) is 0 Å². The monoisotopic (exact) mass is 270 g/mol. The summed E-state index contributed by atoms with van der Waals surface area (Å²) in [5.74, 6) is 1.07. The van der Waals surface area contributed by atoms with E-state index >= 15 is 0 Å². The highest BCUT2D eigenvalue weighted by Gasteiger charge is 2.24. The largest absolute Gasteiger partial charge is 0.399 e. The van der Waals surface area contributed by atoms with E-state index in [9.17, 15) is 4.79 Å². The zero-order valence-corrected chi connectivity index (χ0v) is 11.5. The Balaban J connectivity index is 1.74. The molecule has 104 valence electrons. The maximum absolute atomic E-state index is 12.5. The van der Waals surface area contributed by atoms with Crippen LogP contribution in [0.2, 0.25) is 0 Å². The summed E-state index contributed by atoms with van der Waals surface area (Å²) in [5, 5.41) is 0. The van der Waals surface area contributed by atoms with Gasteiger partial charge in [0.25, 0.3) is 5.91 Å². The average molecular weight is 270 g/mol. The molecule has 0 saturated carbocycles. The van der Waals surface area contributed by atoms with Crippen molar-refractivity contribution in [3.8, 4) is 0 Å². The number of anilines is 1. The highest BCUT2D eigenvalue weighted by atomic mass is 16.2. The number of benzene rings is 1. The van der Waals surface area contributed by atoms with Crippen molar-refractivity contribution in [1.29, 1.82) is 0 Å². The minimum Gasteiger partial charge on any atom is -0.399 e. The zero-order valence-electron chi connectivity index (χ0n) is 11.5. The number of nitrogens with zero attached hydrogens (tertiary/aromatic N) is 3. The third kappa shape index (κ3) is 2.27. The first-order valence-corrected chi connectivity index (χ1v) is 6.79. The number of carbonyl (C=O) groups excluding carboxylic acids is 1. The van der Waals surface area contributed by atoms with E-state index in [1.165, 1.54) is 0 Å². The van der Waals surface area contributed by atoms with Crippen LogP contribution in [0.4, 0.5) is 5.69 Å². The van der Waals surface area contributed by atoms with Crippen molar-refractivity contribution < 1.29 is 4.79 Å². The first kappa shape index (κ1) is 12.7. The minimum atomic E-state index is 0.0766. The van der Waals surface area contributed by atoms with Crippen molar-refractivity contribution in [3.05, 3.63) is 47.5 Å². The van der Waals surface area contributed by atoms with Gasteiger partial charge in [0.15, 0.2) is 0 Å². The van der Waals surface area contributed by atoms with Crippen molar-refractivity contribution in [2.75, 3.05) is 18.8 Å². The van der Waals surface area contributed by atoms with E-state index in [1.54, 1.807) is 12.3 Å². The van der Waals surface area contributed by atoms with Crippen molar-refractivity contribution in [3.63, 3.8) is 0 Å². The molecule has 1 aromatic carbocycles. The van der Waals surface area contributed by atoms with Gasteiger partial charge in [-0.25, -0.2) is 4.98 Å². The van der Waals surface area contributed by atoms with Crippen LogP contribution in [0.15, 0.2) is 30.6 Å². The fraction of sp³-hybridized carbons (Fsp3) is 0.333. The molecule has 20 heavy (non-hydrogen) atoms. The molecule has 3 rings (SSSR count). The summed E-state index contributed by atoms with van der Waals surface area (Å²) in [5.41, 5.74) is 8.26. The molecule has 2 aromatic rings. The molecule has 1 aliphatic rings. The summed E-state index contributed by atoms with van der Waals surface area (Å²) in [6, 6.07) is 5.60. The van der Waals surface area contributed by atoms with Crippen LogP contribution in [0.3, 0.4) is 0 Å². The molecule has 0 fully saturated rings. The number of fused-ring (bicyclic) bond motifs is 1. The molecular weight excluding hydrogens is 252 g/mol. The number of hydrogen-bond donors (Lipinski definition) is 1. The molecule has 1 amide bonds. The molecule has 1 aromatic heterocycles. The molecule has 2 N–H and O–H groups in total. The molecule has 5 nitrogen and oxygen atoms in total. The van der Waals surface area contributed by atoms with E-state index in [4.69, 9.17) is 5.73 Å². The second-order valence-electron chi connectivity index (χ2n) is 5.16. The first-order valence-electron chi connectivity index (χ1n) is 6.79. The van der Waals surface area contributed by atoms with Crippen LogP contribution in [0.1, 0.15) is 21.7 Å². The van der Waals surface area contributed by atoms with Gasteiger partial charge in [-0.15, -0.1) is 0 Å². The van der Waals surface area contributed by atoms with E-state index in [0.29, 0.717) is 12.2 Å². The topological polar surface area (TPSA) is 64.2 Å². The van der Waals surface area contributed by atoms with Crippen molar-refractivity contribution in [2.24, 2.45) is 7.05 Å². The van der Waals surface area contributed by atoms with Gasteiger partial charge < -0.3 is 15.2 Å². The van der Waals surface area contributed by atoms with Crippen LogP contribution in [-0.2, 0) is 19.9 Å². The van der Waals surface area contributed by atoms with Crippen LogP contribution in [-0.4, -0.2) is 33.4 Å². The molecule has 0 radical (unpaired) electrons. The number of aryl methyl sites for hydroxylation is 1. The van der Waals surface area contributed by atoms with E-state index in [1.807, 2.05) is 34.8 Å². The molecular formula is C15H18N4O. The molecule has 5 heteroatoms. The normalized spacial score (nSPS) is 14.4. The van der Waals surface area contributed by atoms with E-state index in [0.717, 1.165) is 36.3 Å². The number of aromatic nitrogens is 2. The van der Waals surface area contributed by atoms with Crippen LogP contribution < -0.4 is 5.73 Å². The smallest absolute Gasteiger partial charge is 0.254 e. The van der Waals surface area contributed by atoms with Gasteiger partial charge in [0, 0.05) is 50.2 Å². The lowest BCUT2D eigenvalue weighted by Gasteiger charge is -2.28. The van der Waals surface area contributed by atoms with Gasteiger partial charge in [-0.05, 0) is 24.1 Å². The summed E-state index contributed by atoms with van der Waals surface area (Å²) >= 11 is 0. The zero-order chi connectivity index (χ0) is 14.1. The minimum absolute atomic E-state index is 0.0766. The Hall–Kier alpha value is -2.30. The van der Waals surface area contributed by atoms with Crippen molar-refractivity contribution >= 4 is 11.6 Å². The third-order valence-corrected chi connectivity index (χ3v) is 3.83. The Labute approximate surface area is 118 Å². The second-order valence-corrected chi connectivity index (χ2v) is 5.16. The van der Waals surface area contributed by atoms with E-state index in [2.05, 4.69) is 4.98 Å². The summed E-state index contributed by atoms with van der Waals surface area (Å²) in [4.78, 5) is 18.6. The fourth-order valence-corrected chi connectivity index (χ4v) is 2.62. The molecule has 0 saturated heterocycles. The third-order valence-electron chi connectivity index (χ3n) is 3.83. The number of imidazole rings is 1. The Kier molecular flexibility index (Phi) is 3.18. The number of amides is 1. The number of carbonyl (C=O) groups is 1. The molecule has 1 aliphatic heterocycles. The fourth-order valence-electron chi connectivity index (χ4n) is 2.62. The number of rotatable bonds is 3. The van der Waals surface area contributed by atoms with Gasteiger partial charge in [-0.3, -0.25) is 4.79 Å². The molecule has 0 unspecified atom stereocenters. The summed E-state index contributed by atoms with van der Waals surface area (Å²) in [6.07, 6.45) is 5.36. The lowest BCUT2D eigenvalue weighted by molar-refractivity contribution is 0.0741. The SMILES string of the molecule is Cn1ccnc1CCN1CCc2ccc(N)cc2C1=O. The maximum Gasteiger partial charge on any atom is 0.254 e. The van der Waals surface area contributed by atoms with Crippen LogP contribution in [0.5, 0.6) is 0 Å². The Morgan fingerprint density at radius 3 is 3.00 bits per heavy atom. The standard InChI is InChI=1S/C15H18N4O/c1-18-9-6-17-14(18)5-8-19-7-4-11-2-3-12(16)10-13(11)15(19)20/h2-3,6,9-10H,4-5,7-8,16H2,1H3. The molecule has 0 spiro atoms. The first-order chi connectivity index (χ1) is 9.65. The summed E-state index contributed by atoms with van der Waals surface area (Å²) < 4.78 is 1.99. The van der Waals surface area contributed by atoms with E-state index in [-0.39, 0.29) is 5.91 Å². The Morgan fingerprint density at radius 2 is 2.25 bits per heavy atom. The number of nitrogens with two attached hydrogens (primary N) is 1. The average Bonchev–Trinajstić information content (AvgIpc) is 2.84. The van der Waals surface area contributed by atoms with Crippen molar-refractivity contribution in [1.82, 2.24) is 14.5 Å². The molecule has 0 aliphatic carbocycles. The Morgan fingerprint density at radius 1 is 1.40 bits per heavy atom. The Bertz CT molecular complexity index is 647. The van der Waals surface area contributed by atoms with Gasteiger partial charge in [0.1, 0.15) is 5.82 Å². The van der Waals surface area contributed by atoms with E-state index < -0.39 is 0 Å². The van der Waals surface area contributed by atoms with Gasteiger partial charge in [-0.2, -0.15) is 0 Å². The summed E-state index contributed by atoms with van der Waals surface area (Å²) in [7, 11) is 1.97. The lowest BCUT2D eigenvalue weighted by atomic mass is 9.98. The highest BCUT2D eigenvalue weighted by molar-refractivity contribution is 5.97. The number of hydrogen-bond acceptors (Lipinski definition) is 3. The quantitative estimate of drug-likeness (QED) is 0.854. The summed E-state index contributed by atoms with van der Waals surface area (Å²) in [6.45, 7) is 1.46. The predicted molar refractivity (Wildman–Crippen MR) is 77.4 cm³/mol. The lowest BCUT2D eigenvalue weighted by Crippen LogP contribution is -2.39. The second kappa shape index (κ2) is 5.00. The maximum atomic E-state index is 12.5. The van der Waals surface area contributed by atoms with Crippen LogP contribution >= 0.6 is 0 Å². The molecule has 2 heterocycles. The molecule has 0 atom stereocenters. The van der Waals surface area contributed by atoms with Crippen LogP contribution in [0.25, 0.3) is 0 Å². The number of nitrogen functional groups attached to an aromatic ring is 1.